The number of aryl methyl sites for hydroxylation is 3. The predicted octanol–water partition coefficient (Wildman–Crippen LogP) is 2.41. The number of halogens is 3. The first-order valence-corrected chi connectivity index (χ1v) is 5.77. The summed E-state index contributed by atoms with van der Waals surface area (Å²) >= 11 is 0. The number of carboxylic acid groups (broad SMARTS) is 1. The number of imidazole rings is 1. The molecular formula is C12H12F3N3O2. The molecule has 0 aliphatic heterocycles. The van der Waals surface area contributed by atoms with Crippen molar-refractivity contribution < 1.29 is 23.1 Å². The van der Waals surface area contributed by atoms with Crippen LogP contribution in [-0.4, -0.2) is 25.2 Å². The zero-order valence-corrected chi connectivity index (χ0v) is 10.6. The van der Waals surface area contributed by atoms with Crippen LogP contribution in [0.1, 0.15) is 21.7 Å². The fraction of sp³-hybridized carbons (Fsp3) is 0.333. The largest absolute Gasteiger partial charge is 0.478 e. The molecule has 108 valence electrons. The number of aromatic nitrogens is 3. The molecule has 8 heteroatoms. The van der Waals surface area contributed by atoms with E-state index in [-0.39, 0.29) is 6.54 Å². The van der Waals surface area contributed by atoms with E-state index in [0.717, 1.165) is 18.2 Å². The van der Waals surface area contributed by atoms with Crippen LogP contribution in [0.5, 0.6) is 0 Å². The third-order valence-electron chi connectivity index (χ3n) is 2.94. The minimum absolute atomic E-state index is 0.230. The minimum atomic E-state index is -4.68. The summed E-state index contributed by atoms with van der Waals surface area (Å²) in [5.41, 5.74) is -1.87. The Balaban J connectivity index is 2.21. The maximum absolute atomic E-state index is 12.7. The minimum Gasteiger partial charge on any atom is -0.478 e. The average Bonchev–Trinajstić information content (AvgIpc) is 2.91. The van der Waals surface area contributed by atoms with Gasteiger partial charge in [0.2, 0.25) is 0 Å². The molecular weight excluding hydrogens is 275 g/mol. The van der Waals surface area contributed by atoms with Gasteiger partial charge in [0.25, 0.3) is 0 Å². The fourth-order valence-electron chi connectivity index (χ4n) is 1.90. The molecule has 0 bridgehead atoms. The van der Waals surface area contributed by atoms with Crippen molar-refractivity contribution in [1.82, 2.24) is 14.1 Å². The lowest BCUT2D eigenvalue weighted by molar-refractivity contribution is -0.138. The first-order valence-electron chi connectivity index (χ1n) is 5.77. The van der Waals surface area contributed by atoms with Crippen LogP contribution in [0.3, 0.4) is 0 Å². The molecule has 0 aliphatic carbocycles. The summed E-state index contributed by atoms with van der Waals surface area (Å²) < 4.78 is 41.1. The Morgan fingerprint density at radius 2 is 2.05 bits per heavy atom. The molecule has 0 amide bonds. The topological polar surface area (TPSA) is 60.0 Å². The van der Waals surface area contributed by atoms with Crippen molar-refractivity contribution in [2.24, 2.45) is 0 Å². The zero-order chi connectivity index (χ0) is 14.9. The highest BCUT2D eigenvalue weighted by molar-refractivity contribution is 5.89. The molecule has 0 atom stereocenters. The van der Waals surface area contributed by atoms with E-state index in [1.807, 2.05) is 0 Å². The summed E-state index contributed by atoms with van der Waals surface area (Å²) in [7, 11) is 0. The number of nitrogens with zero attached hydrogens (tertiary/aromatic N) is 3. The predicted molar refractivity (Wildman–Crippen MR) is 63.4 cm³/mol. The number of carbonyl (C=O) groups is 1. The van der Waals surface area contributed by atoms with Gasteiger partial charge in [0.15, 0.2) is 0 Å². The van der Waals surface area contributed by atoms with Crippen LogP contribution in [0, 0.1) is 6.92 Å². The van der Waals surface area contributed by atoms with Gasteiger partial charge < -0.3 is 14.2 Å². The third-order valence-corrected chi connectivity index (χ3v) is 2.94. The van der Waals surface area contributed by atoms with Crippen LogP contribution < -0.4 is 0 Å². The smallest absolute Gasteiger partial charge is 0.418 e. The quantitative estimate of drug-likeness (QED) is 0.939. The number of carboxylic acids is 1. The highest BCUT2D eigenvalue weighted by Crippen LogP contribution is 2.32. The maximum Gasteiger partial charge on any atom is 0.418 e. The molecule has 0 spiro atoms. The Kier molecular flexibility index (Phi) is 3.56. The SMILES string of the molecule is Cc1nccn1CCn1cc(C(=O)O)c(C(F)(F)F)c1. The standard InChI is InChI=1S/C12H12F3N3O2/c1-8-16-2-3-18(8)5-4-17-6-9(11(19)20)10(7-17)12(13,14)15/h2-3,6-7H,4-5H2,1H3,(H,19,20). The molecule has 0 radical (unpaired) electrons. The normalized spacial score (nSPS) is 11.8. The van der Waals surface area contributed by atoms with Crippen molar-refractivity contribution >= 4 is 5.97 Å². The number of alkyl halides is 3. The van der Waals surface area contributed by atoms with Gasteiger partial charge in [-0.05, 0) is 6.92 Å². The lowest BCUT2D eigenvalue weighted by Gasteiger charge is -2.06. The Bertz CT molecular complexity index is 628. The van der Waals surface area contributed by atoms with Crippen molar-refractivity contribution in [3.05, 3.63) is 41.7 Å². The van der Waals surface area contributed by atoms with E-state index in [4.69, 9.17) is 5.11 Å². The van der Waals surface area contributed by atoms with E-state index < -0.39 is 23.3 Å². The summed E-state index contributed by atoms with van der Waals surface area (Å²) in [6.07, 6.45) is 0.438. The number of aromatic carboxylic acids is 1. The van der Waals surface area contributed by atoms with Crippen molar-refractivity contribution in [3.8, 4) is 0 Å². The van der Waals surface area contributed by atoms with Gasteiger partial charge in [-0.25, -0.2) is 9.78 Å². The summed E-state index contributed by atoms with van der Waals surface area (Å²) in [6.45, 7) is 2.42. The van der Waals surface area contributed by atoms with Gasteiger partial charge in [-0.1, -0.05) is 0 Å². The van der Waals surface area contributed by atoms with E-state index >= 15 is 0 Å². The van der Waals surface area contributed by atoms with Gasteiger partial charge in [-0.3, -0.25) is 0 Å². The second-order valence-electron chi connectivity index (χ2n) is 4.29. The summed E-state index contributed by atoms with van der Waals surface area (Å²) in [5, 5.41) is 8.81. The Morgan fingerprint density at radius 1 is 1.35 bits per heavy atom. The first kappa shape index (κ1) is 14.2. The van der Waals surface area contributed by atoms with E-state index in [1.54, 1.807) is 23.9 Å². The highest BCUT2D eigenvalue weighted by Gasteiger charge is 2.36. The van der Waals surface area contributed by atoms with Crippen LogP contribution in [0.15, 0.2) is 24.8 Å². The summed E-state index contributed by atoms with van der Waals surface area (Å²) in [6, 6.07) is 0. The van der Waals surface area contributed by atoms with Gasteiger partial charge in [0, 0.05) is 37.9 Å². The second-order valence-corrected chi connectivity index (χ2v) is 4.29. The number of hydrogen-bond acceptors (Lipinski definition) is 2. The third kappa shape index (κ3) is 2.84. The Labute approximate surface area is 112 Å². The molecule has 20 heavy (non-hydrogen) atoms. The van der Waals surface area contributed by atoms with Crippen molar-refractivity contribution in [2.45, 2.75) is 26.2 Å². The molecule has 0 saturated heterocycles. The number of rotatable bonds is 4. The summed E-state index contributed by atoms with van der Waals surface area (Å²) in [4.78, 5) is 14.8. The van der Waals surface area contributed by atoms with E-state index in [1.165, 1.54) is 4.57 Å². The van der Waals surface area contributed by atoms with Gasteiger partial charge in [-0.2, -0.15) is 13.2 Å². The van der Waals surface area contributed by atoms with Gasteiger partial charge >= 0.3 is 12.1 Å². The molecule has 0 saturated carbocycles. The van der Waals surface area contributed by atoms with Crippen molar-refractivity contribution in [3.63, 3.8) is 0 Å². The van der Waals surface area contributed by atoms with Gasteiger partial charge in [0.1, 0.15) is 5.82 Å². The van der Waals surface area contributed by atoms with Crippen LogP contribution >= 0.6 is 0 Å². The molecule has 5 nitrogen and oxygen atoms in total. The van der Waals surface area contributed by atoms with Gasteiger partial charge in [-0.15, -0.1) is 0 Å². The highest BCUT2D eigenvalue weighted by atomic mass is 19.4. The fourth-order valence-corrected chi connectivity index (χ4v) is 1.90. The average molecular weight is 287 g/mol. The lowest BCUT2D eigenvalue weighted by Crippen LogP contribution is -2.10. The molecule has 0 aliphatic rings. The van der Waals surface area contributed by atoms with Crippen LogP contribution in [0.25, 0.3) is 0 Å². The lowest BCUT2D eigenvalue weighted by atomic mass is 10.2. The van der Waals surface area contributed by atoms with E-state index in [9.17, 15) is 18.0 Å². The molecule has 0 aromatic carbocycles. The number of hydrogen-bond donors (Lipinski definition) is 1. The molecule has 2 heterocycles. The van der Waals surface area contributed by atoms with E-state index in [2.05, 4.69) is 4.98 Å². The molecule has 2 aromatic rings. The molecule has 2 aromatic heterocycles. The summed E-state index contributed by atoms with van der Waals surface area (Å²) in [5.74, 6) is -0.846. The van der Waals surface area contributed by atoms with Crippen LogP contribution in [0.4, 0.5) is 13.2 Å². The Morgan fingerprint density at radius 3 is 2.50 bits per heavy atom. The molecule has 0 unspecified atom stereocenters. The van der Waals surface area contributed by atoms with Crippen molar-refractivity contribution in [1.29, 1.82) is 0 Å². The van der Waals surface area contributed by atoms with Gasteiger partial charge in [0.05, 0.1) is 11.1 Å². The molecule has 1 N–H and O–H groups in total. The molecule has 0 fully saturated rings. The van der Waals surface area contributed by atoms with E-state index in [0.29, 0.717) is 6.54 Å². The monoisotopic (exact) mass is 287 g/mol. The maximum atomic E-state index is 12.7. The second kappa shape index (κ2) is 5.03. The van der Waals surface area contributed by atoms with Crippen LogP contribution in [-0.2, 0) is 19.3 Å². The first-order chi connectivity index (χ1) is 9.29. The van der Waals surface area contributed by atoms with Crippen molar-refractivity contribution in [2.75, 3.05) is 0 Å². The zero-order valence-electron chi connectivity index (χ0n) is 10.6. The van der Waals surface area contributed by atoms with Crippen LogP contribution in [0.2, 0.25) is 0 Å². The Hall–Kier alpha value is -2.25. The molecule has 2 rings (SSSR count).